The Balaban J connectivity index is 1.76. The minimum absolute atomic E-state index is 0.0857. The van der Waals surface area contributed by atoms with Gasteiger partial charge in [0, 0.05) is 11.1 Å². The number of nitrogens with zero attached hydrogens (tertiary/aromatic N) is 2. The van der Waals surface area contributed by atoms with Crippen LogP contribution in [-0.2, 0) is 0 Å². The fourth-order valence-electron chi connectivity index (χ4n) is 2.51. The fraction of sp³-hybridized carbons (Fsp3) is 0.200. The number of aromatic nitrogens is 2. The highest BCUT2D eigenvalue weighted by Crippen LogP contribution is 2.21. The molecule has 0 saturated carbocycles. The van der Waals surface area contributed by atoms with E-state index >= 15 is 0 Å². The smallest absolute Gasteiger partial charge is 0.358 e. The van der Waals surface area contributed by atoms with Gasteiger partial charge in [0.1, 0.15) is 16.3 Å². The quantitative estimate of drug-likeness (QED) is 0.625. The van der Waals surface area contributed by atoms with Crippen LogP contribution >= 0.6 is 11.3 Å². The number of hydrogen-bond donors (Lipinski definition) is 2. The summed E-state index contributed by atoms with van der Waals surface area (Å²) >= 11 is 1.58. The zero-order valence-corrected chi connectivity index (χ0v) is 16.4. The molecule has 0 fully saturated rings. The van der Waals surface area contributed by atoms with E-state index < -0.39 is 17.6 Å². The molecule has 7 nitrogen and oxygen atoms in total. The third-order valence-corrected chi connectivity index (χ3v) is 4.81. The number of aryl methyl sites for hydroxylation is 1. The number of aromatic carboxylic acids is 1. The van der Waals surface area contributed by atoms with Crippen molar-refractivity contribution in [1.29, 1.82) is 0 Å². The molecular weight excluding hydrogens is 378 g/mol. The van der Waals surface area contributed by atoms with Gasteiger partial charge in [-0.1, -0.05) is 37.2 Å². The van der Waals surface area contributed by atoms with Gasteiger partial charge in [-0.05, 0) is 36.6 Å². The van der Waals surface area contributed by atoms with Gasteiger partial charge in [0.2, 0.25) is 5.69 Å². The second-order valence-corrected chi connectivity index (χ2v) is 7.34. The lowest BCUT2D eigenvalue weighted by molar-refractivity contribution is 0.0682. The van der Waals surface area contributed by atoms with Crippen LogP contribution in [0.2, 0.25) is 0 Å². The van der Waals surface area contributed by atoms with Crippen LogP contribution < -0.4 is 5.32 Å². The first-order chi connectivity index (χ1) is 13.3. The van der Waals surface area contributed by atoms with Gasteiger partial charge < -0.3 is 14.9 Å². The highest BCUT2D eigenvalue weighted by atomic mass is 32.1. The fourth-order valence-corrected chi connectivity index (χ4v) is 3.38. The van der Waals surface area contributed by atoms with Gasteiger partial charge in [-0.2, -0.15) is 0 Å². The molecule has 0 aliphatic rings. The van der Waals surface area contributed by atoms with Crippen LogP contribution in [0.15, 0.2) is 34.2 Å². The predicted molar refractivity (Wildman–Crippen MR) is 108 cm³/mol. The maximum Gasteiger partial charge on any atom is 0.358 e. The monoisotopic (exact) mass is 397 g/mol. The SMILES string of the molecule is Cc1onc(C(=O)O)c1C(=O)Nc1cccc(C=Cc2nc(C(C)C)cs2)c1. The Labute approximate surface area is 165 Å². The third kappa shape index (κ3) is 4.34. The second kappa shape index (κ2) is 8.18. The Morgan fingerprint density at radius 1 is 1.29 bits per heavy atom. The molecule has 0 atom stereocenters. The molecule has 144 valence electrons. The van der Waals surface area contributed by atoms with Crippen LogP contribution in [0.4, 0.5) is 5.69 Å². The molecule has 2 aromatic heterocycles. The Morgan fingerprint density at radius 3 is 2.75 bits per heavy atom. The Bertz CT molecular complexity index is 1050. The lowest BCUT2D eigenvalue weighted by atomic mass is 10.1. The van der Waals surface area contributed by atoms with E-state index in [1.165, 1.54) is 6.92 Å². The Morgan fingerprint density at radius 2 is 2.07 bits per heavy atom. The number of carbonyl (C=O) groups is 2. The summed E-state index contributed by atoms with van der Waals surface area (Å²) in [5.41, 5.74) is 1.97. The zero-order chi connectivity index (χ0) is 20.3. The number of rotatable bonds is 6. The van der Waals surface area contributed by atoms with Gasteiger partial charge in [0.25, 0.3) is 5.91 Å². The van der Waals surface area contributed by atoms with Crippen LogP contribution in [0.3, 0.4) is 0 Å². The van der Waals surface area contributed by atoms with Crippen molar-refractivity contribution >= 4 is 41.1 Å². The van der Waals surface area contributed by atoms with E-state index in [0.717, 1.165) is 16.3 Å². The van der Waals surface area contributed by atoms with Crippen molar-refractivity contribution in [2.24, 2.45) is 0 Å². The van der Waals surface area contributed by atoms with Crippen molar-refractivity contribution in [3.05, 3.63) is 62.9 Å². The van der Waals surface area contributed by atoms with E-state index in [0.29, 0.717) is 11.6 Å². The molecule has 0 radical (unpaired) electrons. The molecule has 0 aliphatic carbocycles. The normalized spacial score (nSPS) is 11.3. The van der Waals surface area contributed by atoms with E-state index in [2.05, 4.69) is 29.3 Å². The van der Waals surface area contributed by atoms with Crippen molar-refractivity contribution in [2.75, 3.05) is 5.32 Å². The number of thiazole rings is 1. The molecule has 28 heavy (non-hydrogen) atoms. The van der Waals surface area contributed by atoms with Gasteiger partial charge in [0.05, 0.1) is 5.69 Å². The number of carboxylic acids is 1. The van der Waals surface area contributed by atoms with Gasteiger partial charge >= 0.3 is 5.97 Å². The molecular formula is C20H19N3O4S. The number of carbonyl (C=O) groups excluding carboxylic acids is 1. The summed E-state index contributed by atoms with van der Waals surface area (Å²) in [6.45, 7) is 5.69. The Kier molecular flexibility index (Phi) is 5.70. The molecule has 0 bridgehead atoms. The van der Waals surface area contributed by atoms with Gasteiger partial charge in [-0.15, -0.1) is 11.3 Å². The molecule has 1 aromatic carbocycles. The maximum absolute atomic E-state index is 12.5. The van der Waals surface area contributed by atoms with E-state index in [4.69, 9.17) is 9.63 Å². The number of nitrogens with one attached hydrogen (secondary N) is 1. The minimum Gasteiger partial charge on any atom is -0.476 e. The van der Waals surface area contributed by atoms with Crippen molar-refractivity contribution < 1.29 is 19.2 Å². The molecule has 0 spiro atoms. The average molecular weight is 397 g/mol. The second-order valence-electron chi connectivity index (χ2n) is 6.45. The number of amides is 1. The summed E-state index contributed by atoms with van der Waals surface area (Å²) in [5.74, 6) is -1.37. The topological polar surface area (TPSA) is 105 Å². The predicted octanol–water partition coefficient (Wildman–Crippen LogP) is 4.68. The Hall–Kier alpha value is -3.26. The summed E-state index contributed by atoms with van der Waals surface area (Å²) < 4.78 is 4.84. The first-order valence-electron chi connectivity index (χ1n) is 8.59. The summed E-state index contributed by atoms with van der Waals surface area (Å²) in [5, 5.41) is 18.2. The lowest BCUT2D eigenvalue weighted by Gasteiger charge is -2.05. The molecule has 0 aliphatic heterocycles. The largest absolute Gasteiger partial charge is 0.476 e. The number of anilines is 1. The molecule has 2 heterocycles. The van der Waals surface area contributed by atoms with Crippen LogP contribution in [-0.4, -0.2) is 27.1 Å². The van der Waals surface area contributed by atoms with E-state index in [9.17, 15) is 9.59 Å². The van der Waals surface area contributed by atoms with Crippen molar-refractivity contribution in [3.63, 3.8) is 0 Å². The van der Waals surface area contributed by atoms with Gasteiger partial charge in [0.15, 0.2) is 0 Å². The van der Waals surface area contributed by atoms with Crippen LogP contribution in [0.25, 0.3) is 12.2 Å². The van der Waals surface area contributed by atoms with Crippen LogP contribution in [0.5, 0.6) is 0 Å². The van der Waals surface area contributed by atoms with Crippen molar-refractivity contribution in [2.45, 2.75) is 26.7 Å². The summed E-state index contributed by atoms with van der Waals surface area (Å²) in [4.78, 5) is 28.2. The first kappa shape index (κ1) is 19.5. The van der Waals surface area contributed by atoms with Crippen LogP contribution in [0, 0.1) is 6.92 Å². The molecule has 0 saturated heterocycles. The standard InChI is InChI=1S/C20H19N3O4S/c1-11(2)15-10-28-16(22-15)8-7-13-5-4-6-14(9-13)21-19(24)17-12(3)27-23-18(17)20(25)26/h4-11H,1-3H3,(H,21,24)(H,25,26). The molecule has 1 amide bonds. The highest BCUT2D eigenvalue weighted by molar-refractivity contribution is 7.10. The van der Waals surface area contributed by atoms with E-state index in [-0.39, 0.29) is 11.3 Å². The average Bonchev–Trinajstić information content (AvgIpc) is 3.27. The molecule has 8 heteroatoms. The van der Waals surface area contributed by atoms with Gasteiger partial charge in [-0.3, -0.25) is 4.79 Å². The summed E-state index contributed by atoms with van der Waals surface area (Å²) in [6, 6.07) is 7.21. The van der Waals surface area contributed by atoms with Crippen molar-refractivity contribution in [1.82, 2.24) is 10.1 Å². The number of hydrogen-bond acceptors (Lipinski definition) is 6. The minimum atomic E-state index is -1.32. The van der Waals surface area contributed by atoms with Crippen molar-refractivity contribution in [3.8, 4) is 0 Å². The number of carboxylic acid groups (broad SMARTS) is 1. The number of benzene rings is 1. The third-order valence-electron chi connectivity index (χ3n) is 3.99. The van der Waals surface area contributed by atoms with Gasteiger partial charge in [-0.25, -0.2) is 9.78 Å². The molecule has 2 N–H and O–H groups in total. The summed E-state index contributed by atoms with van der Waals surface area (Å²) in [6.07, 6.45) is 3.83. The highest BCUT2D eigenvalue weighted by Gasteiger charge is 2.25. The lowest BCUT2D eigenvalue weighted by Crippen LogP contribution is -2.16. The molecule has 0 unspecified atom stereocenters. The summed E-state index contributed by atoms with van der Waals surface area (Å²) in [7, 11) is 0. The molecule has 3 aromatic rings. The van der Waals surface area contributed by atoms with E-state index in [1.807, 2.05) is 23.6 Å². The maximum atomic E-state index is 12.5. The van der Waals surface area contributed by atoms with E-state index in [1.54, 1.807) is 29.5 Å². The zero-order valence-electron chi connectivity index (χ0n) is 15.6. The molecule has 3 rings (SSSR count). The first-order valence-corrected chi connectivity index (χ1v) is 9.47. The van der Waals surface area contributed by atoms with Crippen LogP contribution in [0.1, 0.15) is 62.6 Å².